The highest BCUT2D eigenvalue weighted by atomic mass is 127. The summed E-state index contributed by atoms with van der Waals surface area (Å²) in [6, 6.07) is 8.77. The topological polar surface area (TPSA) is 52.1 Å². The van der Waals surface area contributed by atoms with Gasteiger partial charge in [0.2, 0.25) is 0 Å². The van der Waals surface area contributed by atoms with E-state index in [1.165, 1.54) is 18.4 Å². The zero-order valence-electron chi connectivity index (χ0n) is 18.6. The molecule has 0 saturated carbocycles. The molecule has 2 N–H and O–H groups in total. The zero-order valence-corrected chi connectivity index (χ0v) is 20.9. The van der Waals surface area contributed by atoms with Crippen LogP contribution in [0.25, 0.3) is 0 Å². The van der Waals surface area contributed by atoms with Crippen LogP contribution in [0.5, 0.6) is 5.75 Å². The number of nitrogens with one attached hydrogen (secondary N) is 2. The van der Waals surface area contributed by atoms with Crippen LogP contribution < -0.4 is 15.4 Å². The highest BCUT2D eigenvalue weighted by Gasteiger charge is 2.24. The number of aliphatic imine (C=N–C) groups is 1. The van der Waals surface area contributed by atoms with Crippen molar-refractivity contribution in [3.63, 3.8) is 0 Å². The van der Waals surface area contributed by atoms with E-state index in [-0.39, 0.29) is 24.0 Å². The fourth-order valence-electron chi connectivity index (χ4n) is 3.82. The second kappa shape index (κ2) is 14.8. The Morgan fingerprint density at radius 3 is 2.55 bits per heavy atom. The molecule has 1 atom stereocenters. The van der Waals surface area contributed by atoms with Crippen LogP contribution in [0.1, 0.15) is 44.7 Å². The molecule has 166 valence electrons. The van der Waals surface area contributed by atoms with E-state index in [2.05, 4.69) is 57.5 Å². The van der Waals surface area contributed by atoms with Gasteiger partial charge in [-0.3, -0.25) is 9.89 Å². The Morgan fingerprint density at radius 2 is 1.93 bits per heavy atom. The fourth-order valence-corrected chi connectivity index (χ4v) is 3.82. The number of ether oxygens (including phenoxy) is 1. The van der Waals surface area contributed by atoms with Crippen molar-refractivity contribution in [2.75, 3.05) is 60.0 Å². The summed E-state index contributed by atoms with van der Waals surface area (Å²) in [6.07, 6.45) is 3.67. The lowest BCUT2D eigenvalue weighted by atomic mass is 10.1. The summed E-state index contributed by atoms with van der Waals surface area (Å²) in [6.45, 7) is 11.9. The average Bonchev–Trinajstić information content (AvgIpc) is 3.27. The van der Waals surface area contributed by atoms with E-state index in [4.69, 9.17) is 4.74 Å². The van der Waals surface area contributed by atoms with Crippen molar-refractivity contribution in [1.82, 2.24) is 20.4 Å². The lowest BCUT2D eigenvalue weighted by molar-refractivity contribution is 0.245. The summed E-state index contributed by atoms with van der Waals surface area (Å²) in [7, 11) is 3.57. The van der Waals surface area contributed by atoms with Gasteiger partial charge in [0, 0.05) is 20.1 Å². The first-order chi connectivity index (χ1) is 13.7. The van der Waals surface area contributed by atoms with Gasteiger partial charge in [-0.2, -0.15) is 0 Å². The molecule has 6 nitrogen and oxygen atoms in total. The Hall–Kier alpha value is -1.06. The van der Waals surface area contributed by atoms with E-state index in [9.17, 15) is 0 Å². The number of rotatable bonds is 11. The van der Waals surface area contributed by atoms with Crippen LogP contribution in [-0.2, 0) is 0 Å². The molecule has 1 aliphatic rings. The molecular formula is C22H40IN5O. The minimum Gasteiger partial charge on any atom is -0.497 e. The summed E-state index contributed by atoms with van der Waals surface area (Å²) in [5.41, 5.74) is 1.30. The number of benzene rings is 1. The Morgan fingerprint density at radius 1 is 1.21 bits per heavy atom. The van der Waals surface area contributed by atoms with E-state index in [0.717, 1.165) is 63.9 Å². The van der Waals surface area contributed by atoms with Gasteiger partial charge in [-0.05, 0) is 69.7 Å². The van der Waals surface area contributed by atoms with Gasteiger partial charge in [0.25, 0.3) is 0 Å². The van der Waals surface area contributed by atoms with Crippen molar-refractivity contribution >= 4 is 29.9 Å². The van der Waals surface area contributed by atoms with Crippen LogP contribution in [0.2, 0.25) is 0 Å². The molecule has 0 aliphatic carbocycles. The lowest BCUT2D eigenvalue weighted by Crippen LogP contribution is -2.43. The predicted octanol–water partition coefficient (Wildman–Crippen LogP) is 3.35. The molecule has 0 spiro atoms. The van der Waals surface area contributed by atoms with Crippen molar-refractivity contribution in [2.45, 2.75) is 39.2 Å². The molecule has 0 radical (unpaired) electrons. The van der Waals surface area contributed by atoms with Crippen LogP contribution in [-0.4, -0.2) is 75.7 Å². The first-order valence-electron chi connectivity index (χ1n) is 10.8. The molecule has 1 fully saturated rings. The minimum absolute atomic E-state index is 0. The van der Waals surface area contributed by atoms with Crippen molar-refractivity contribution in [2.24, 2.45) is 4.99 Å². The van der Waals surface area contributed by atoms with Gasteiger partial charge in [-0.1, -0.05) is 26.0 Å². The molecule has 29 heavy (non-hydrogen) atoms. The van der Waals surface area contributed by atoms with Crippen LogP contribution in [0.4, 0.5) is 0 Å². The fraction of sp³-hybridized carbons (Fsp3) is 0.682. The second-order valence-corrected chi connectivity index (χ2v) is 7.30. The normalized spacial score (nSPS) is 15.8. The smallest absolute Gasteiger partial charge is 0.191 e. The number of halogens is 1. The molecule has 2 rings (SSSR count). The van der Waals surface area contributed by atoms with Crippen molar-refractivity contribution < 1.29 is 4.74 Å². The second-order valence-electron chi connectivity index (χ2n) is 7.30. The Bertz CT molecular complexity index is 588. The number of hydrogen-bond acceptors (Lipinski definition) is 4. The molecule has 1 heterocycles. The Kier molecular flexibility index (Phi) is 13.3. The molecule has 0 aromatic heterocycles. The van der Waals surface area contributed by atoms with Gasteiger partial charge in [0.05, 0.1) is 13.2 Å². The maximum Gasteiger partial charge on any atom is 0.191 e. The summed E-state index contributed by atoms with van der Waals surface area (Å²) in [4.78, 5) is 9.42. The summed E-state index contributed by atoms with van der Waals surface area (Å²) >= 11 is 0. The lowest BCUT2D eigenvalue weighted by Gasteiger charge is -2.29. The molecular weight excluding hydrogens is 477 g/mol. The molecule has 1 aliphatic heterocycles. The van der Waals surface area contributed by atoms with Crippen molar-refractivity contribution in [3.8, 4) is 5.75 Å². The Labute approximate surface area is 194 Å². The number of guanidine groups is 1. The molecule has 0 amide bonds. The summed E-state index contributed by atoms with van der Waals surface area (Å²) in [5.74, 6) is 1.80. The minimum atomic E-state index is 0. The molecule has 1 aromatic carbocycles. The number of hydrogen-bond donors (Lipinski definition) is 2. The van der Waals surface area contributed by atoms with Gasteiger partial charge in [-0.15, -0.1) is 24.0 Å². The van der Waals surface area contributed by atoms with Gasteiger partial charge >= 0.3 is 0 Å². The predicted molar refractivity (Wildman–Crippen MR) is 134 cm³/mol. The first-order valence-corrected chi connectivity index (χ1v) is 10.8. The van der Waals surface area contributed by atoms with E-state index in [0.29, 0.717) is 6.04 Å². The van der Waals surface area contributed by atoms with Crippen LogP contribution in [0.15, 0.2) is 29.3 Å². The van der Waals surface area contributed by atoms with Crippen LogP contribution in [0, 0.1) is 0 Å². The number of nitrogens with zero attached hydrogens (tertiary/aromatic N) is 3. The summed E-state index contributed by atoms with van der Waals surface area (Å²) < 4.78 is 5.44. The number of methoxy groups -OCH3 is 1. The SMILES string of the molecule is CCN(CC)CCCNC(=NC)NCC(c1cccc(OC)c1)N1CCCC1.I. The van der Waals surface area contributed by atoms with E-state index < -0.39 is 0 Å². The monoisotopic (exact) mass is 517 g/mol. The zero-order chi connectivity index (χ0) is 20.2. The third-order valence-electron chi connectivity index (χ3n) is 5.58. The molecule has 1 saturated heterocycles. The average molecular weight is 518 g/mol. The van der Waals surface area contributed by atoms with E-state index in [1.807, 2.05) is 13.1 Å². The number of likely N-dealkylation sites (tertiary alicyclic amines) is 1. The maximum atomic E-state index is 5.44. The highest BCUT2D eigenvalue weighted by Crippen LogP contribution is 2.27. The largest absolute Gasteiger partial charge is 0.497 e. The van der Waals surface area contributed by atoms with Gasteiger partial charge in [0.15, 0.2) is 5.96 Å². The maximum absolute atomic E-state index is 5.44. The van der Waals surface area contributed by atoms with E-state index >= 15 is 0 Å². The highest BCUT2D eigenvalue weighted by molar-refractivity contribution is 14.0. The quantitative estimate of drug-likeness (QED) is 0.204. The molecule has 7 heteroatoms. The molecule has 0 bridgehead atoms. The molecule has 1 aromatic rings. The third-order valence-corrected chi connectivity index (χ3v) is 5.58. The Balaban J connectivity index is 0.00000420. The van der Waals surface area contributed by atoms with Gasteiger partial charge in [-0.25, -0.2) is 0 Å². The van der Waals surface area contributed by atoms with Crippen LogP contribution >= 0.6 is 24.0 Å². The standard InChI is InChI=1S/C22H39N5O.HI/c1-5-26(6-2)14-10-13-24-22(23-3)25-18-21(27-15-7-8-16-27)19-11-9-12-20(17-19)28-4;/h9,11-12,17,21H,5-8,10,13-16,18H2,1-4H3,(H2,23,24,25);1H. The van der Waals surface area contributed by atoms with E-state index in [1.54, 1.807) is 7.11 Å². The molecule has 1 unspecified atom stereocenters. The van der Waals surface area contributed by atoms with Crippen molar-refractivity contribution in [3.05, 3.63) is 29.8 Å². The van der Waals surface area contributed by atoms with Gasteiger partial charge in [0.1, 0.15) is 5.75 Å². The first kappa shape index (κ1) is 26.0. The van der Waals surface area contributed by atoms with Crippen LogP contribution in [0.3, 0.4) is 0 Å². The summed E-state index contributed by atoms with van der Waals surface area (Å²) in [5, 5.41) is 7.00. The van der Waals surface area contributed by atoms with Crippen molar-refractivity contribution in [1.29, 1.82) is 0 Å². The third kappa shape index (κ3) is 8.68. The van der Waals surface area contributed by atoms with Gasteiger partial charge < -0.3 is 20.3 Å².